The Bertz CT molecular complexity index is 726. The summed E-state index contributed by atoms with van der Waals surface area (Å²) in [6.07, 6.45) is 1.09. The monoisotopic (exact) mass is 396 g/mol. The molecule has 8 heteroatoms. The van der Waals surface area contributed by atoms with Crippen LogP contribution in [-0.4, -0.2) is 70.5 Å². The first-order valence-corrected chi connectivity index (χ1v) is 10.8. The van der Waals surface area contributed by atoms with Crippen molar-refractivity contribution in [1.29, 1.82) is 0 Å². The van der Waals surface area contributed by atoms with Gasteiger partial charge in [0.05, 0.1) is 11.5 Å². The summed E-state index contributed by atoms with van der Waals surface area (Å²) in [7, 11) is 1.94. The molecule has 0 bridgehead atoms. The molecule has 27 heavy (non-hydrogen) atoms. The lowest BCUT2D eigenvalue weighted by atomic mass is 10.1. The number of hydrogen-bond acceptors (Lipinski definition) is 4. The fourth-order valence-corrected chi connectivity index (χ4v) is 4.36. The Balaban J connectivity index is 1.95. The number of aliphatic imine (C=N–C) groups is 1. The first kappa shape index (κ1) is 21.7. The SMILES string of the molecule is CN=C(NCc1ccc(S(=O)(=O)N(C)C(C)C)cc1)N(C)CC1CCOC1. The van der Waals surface area contributed by atoms with E-state index in [0.29, 0.717) is 17.4 Å². The first-order chi connectivity index (χ1) is 12.8. The van der Waals surface area contributed by atoms with Gasteiger partial charge in [0.15, 0.2) is 5.96 Å². The molecule has 1 saturated heterocycles. The van der Waals surface area contributed by atoms with E-state index in [0.717, 1.165) is 37.7 Å². The predicted molar refractivity (Wildman–Crippen MR) is 108 cm³/mol. The summed E-state index contributed by atoms with van der Waals surface area (Å²) in [6.45, 7) is 6.84. The molecule has 1 aliphatic rings. The summed E-state index contributed by atoms with van der Waals surface area (Å²) in [5.74, 6) is 1.36. The lowest BCUT2D eigenvalue weighted by molar-refractivity contribution is 0.181. The van der Waals surface area contributed by atoms with Crippen LogP contribution in [0.1, 0.15) is 25.8 Å². The highest BCUT2D eigenvalue weighted by Crippen LogP contribution is 2.17. The molecule has 7 nitrogen and oxygen atoms in total. The average molecular weight is 397 g/mol. The Kier molecular flexibility index (Phi) is 7.64. The molecule has 0 saturated carbocycles. The number of nitrogens with zero attached hydrogens (tertiary/aromatic N) is 3. The Morgan fingerprint density at radius 3 is 2.48 bits per heavy atom. The number of ether oxygens (including phenoxy) is 1. The van der Waals surface area contributed by atoms with Crippen LogP contribution in [0.3, 0.4) is 0 Å². The normalized spacial score (nSPS) is 18.3. The molecule has 0 aliphatic carbocycles. The highest BCUT2D eigenvalue weighted by Gasteiger charge is 2.23. The maximum absolute atomic E-state index is 12.5. The van der Waals surface area contributed by atoms with E-state index in [1.165, 1.54) is 4.31 Å². The van der Waals surface area contributed by atoms with Gasteiger partial charge in [-0.1, -0.05) is 12.1 Å². The van der Waals surface area contributed by atoms with Gasteiger partial charge in [-0.2, -0.15) is 4.31 Å². The van der Waals surface area contributed by atoms with Gasteiger partial charge in [0.25, 0.3) is 0 Å². The third kappa shape index (κ3) is 5.67. The maximum Gasteiger partial charge on any atom is 0.243 e. The summed E-state index contributed by atoms with van der Waals surface area (Å²) in [6, 6.07) is 6.92. The Hall–Kier alpha value is -1.64. The fourth-order valence-electron chi connectivity index (χ4n) is 2.99. The highest BCUT2D eigenvalue weighted by molar-refractivity contribution is 7.89. The Morgan fingerprint density at radius 2 is 1.96 bits per heavy atom. The number of benzene rings is 1. The van der Waals surface area contributed by atoms with Crippen LogP contribution in [0.25, 0.3) is 0 Å². The Labute approximate surface area is 163 Å². The van der Waals surface area contributed by atoms with Gasteiger partial charge in [0.2, 0.25) is 10.0 Å². The van der Waals surface area contributed by atoms with E-state index >= 15 is 0 Å². The predicted octanol–water partition coefficient (Wildman–Crippen LogP) is 1.76. The van der Waals surface area contributed by atoms with Crippen molar-refractivity contribution in [1.82, 2.24) is 14.5 Å². The molecule has 1 fully saturated rings. The molecule has 0 spiro atoms. The maximum atomic E-state index is 12.5. The van der Waals surface area contributed by atoms with Gasteiger partial charge in [-0.3, -0.25) is 4.99 Å². The molecule has 1 aromatic rings. The summed E-state index contributed by atoms with van der Waals surface area (Å²) in [5.41, 5.74) is 1.000. The average Bonchev–Trinajstić information content (AvgIpc) is 3.14. The van der Waals surface area contributed by atoms with E-state index in [-0.39, 0.29) is 6.04 Å². The summed E-state index contributed by atoms with van der Waals surface area (Å²) < 4.78 is 31.9. The van der Waals surface area contributed by atoms with Gasteiger partial charge in [0.1, 0.15) is 0 Å². The van der Waals surface area contributed by atoms with Gasteiger partial charge in [-0.15, -0.1) is 0 Å². The fraction of sp³-hybridized carbons (Fsp3) is 0.632. The van der Waals surface area contributed by atoms with Crippen molar-refractivity contribution in [2.75, 3.05) is 40.9 Å². The minimum Gasteiger partial charge on any atom is -0.381 e. The molecule has 2 rings (SSSR count). The highest BCUT2D eigenvalue weighted by atomic mass is 32.2. The van der Waals surface area contributed by atoms with Crippen LogP contribution in [0.15, 0.2) is 34.2 Å². The number of nitrogens with one attached hydrogen (secondary N) is 1. The van der Waals surface area contributed by atoms with Crippen LogP contribution in [0.4, 0.5) is 0 Å². The van der Waals surface area contributed by atoms with Crippen LogP contribution in [0.2, 0.25) is 0 Å². The molecule has 0 aromatic heterocycles. The van der Waals surface area contributed by atoms with Gasteiger partial charge in [-0.25, -0.2) is 8.42 Å². The molecule has 0 radical (unpaired) electrons. The van der Waals surface area contributed by atoms with E-state index < -0.39 is 10.0 Å². The summed E-state index contributed by atoms with van der Waals surface area (Å²) in [5, 5.41) is 3.33. The molecular formula is C19H32N4O3S. The van der Waals surface area contributed by atoms with Crippen molar-refractivity contribution in [2.24, 2.45) is 10.9 Å². The number of rotatable bonds is 7. The zero-order valence-electron chi connectivity index (χ0n) is 17.0. The van der Waals surface area contributed by atoms with E-state index in [4.69, 9.17) is 4.74 Å². The van der Waals surface area contributed by atoms with Crippen LogP contribution < -0.4 is 5.32 Å². The third-order valence-electron chi connectivity index (χ3n) is 4.91. The van der Waals surface area contributed by atoms with E-state index in [1.54, 1.807) is 26.2 Å². The third-order valence-corrected chi connectivity index (χ3v) is 6.96. The molecular weight excluding hydrogens is 364 g/mol. The second-order valence-corrected chi connectivity index (χ2v) is 9.27. The van der Waals surface area contributed by atoms with Crippen molar-refractivity contribution in [2.45, 2.75) is 37.8 Å². The van der Waals surface area contributed by atoms with Gasteiger partial charge >= 0.3 is 0 Å². The van der Waals surface area contributed by atoms with Gasteiger partial charge < -0.3 is 15.0 Å². The molecule has 1 aromatic carbocycles. The van der Waals surface area contributed by atoms with E-state index in [2.05, 4.69) is 15.2 Å². The topological polar surface area (TPSA) is 74.2 Å². The van der Waals surface area contributed by atoms with Gasteiger partial charge in [-0.05, 0) is 38.0 Å². The van der Waals surface area contributed by atoms with Crippen molar-refractivity contribution in [3.63, 3.8) is 0 Å². The lowest BCUT2D eigenvalue weighted by Crippen LogP contribution is -2.41. The zero-order valence-corrected chi connectivity index (χ0v) is 17.8. The molecule has 1 N–H and O–H groups in total. The van der Waals surface area contributed by atoms with Crippen molar-refractivity contribution < 1.29 is 13.2 Å². The molecule has 1 atom stereocenters. The number of hydrogen-bond donors (Lipinski definition) is 1. The largest absolute Gasteiger partial charge is 0.381 e. The molecule has 1 aliphatic heterocycles. The standard InChI is InChI=1S/C19H32N4O3S/c1-15(2)23(5)27(24,25)18-8-6-16(7-9-18)12-21-19(20-3)22(4)13-17-10-11-26-14-17/h6-9,15,17H,10-14H2,1-5H3,(H,20,21). The van der Waals surface area contributed by atoms with Gasteiger partial charge in [0, 0.05) is 52.8 Å². The smallest absolute Gasteiger partial charge is 0.243 e. The lowest BCUT2D eigenvalue weighted by Gasteiger charge is -2.24. The first-order valence-electron chi connectivity index (χ1n) is 9.32. The summed E-state index contributed by atoms with van der Waals surface area (Å²) in [4.78, 5) is 6.75. The molecule has 0 amide bonds. The minimum absolute atomic E-state index is 0.0829. The van der Waals surface area contributed by atoms with Crippen molar-refractivity contribution in [3.8, 4) is 0 Å². The Morgan fingerprint density at radius 1 is 1.30 bits per heavy atom. The molecule has 1 heterocycles. The quantitative estimate of drug-likeness (QED) is 0.562. The van der Waals surface area contributed by atoms with Crippen LogP contribution >= 0.6 is 0 Å². The van der Waals surface area contributed by atoms with E-state index in [9.17, 15) is 8.42 Å². The van der Waals surface area contributed by atoms with E-state index in [1.807, 2.05) is 33.0 Å². The zero-order chi connectivity index (χ0) is 20.0. The minimum atomic E-state index is -3.45. The van der Waals surface area contributed by atoms with Crippen LogP contribution in [-0.2, 0) is 21.3 Å². The number of sulfonamides is 1. The molecule has 152 valence electrons. The summed E-state index contributed by atoms with van der Waals surface area (Å²) >= 11 is 0. The van der Waals surface area contributed by atoms with Crippen LogP contribution in [0.5, 0.6) is 0 Å². The second kappa shape index (κ2) is 9.52. The molecule has 1 unspecified atom stereocenters. The van der Waals surface area contributed by atoms with Crippen LogP contribution in [0, 0.1) is 5.92 Å². The second-order valence-electron chi connectivity index (χ2n) is 7.27. The van der Waals surface area contributed by atoms with Crippen molar-refractivity contribution >= 4 is 16.0 Å². The van der Waals surface area contributed by atoms with Crippen molar-refractivity contribution in [3.05, 3.63) is 29.8 Å². The number of guanidine groups is 1.